The topological polar surface area (TPSA) is 50.7 Å². The third kappa shape index (κ3) is 3.91. The number of nitrogens with one attached hydrogen (secondary N) is 1. The number of aliphatic hydroxyl groups excluding tert-OH is 1. The molecule has 1 unspecified atom stereocenters. The van der Waals surface area contributed by atoms with Crippen LogP contribution in [0.25, 0.3) is 0 Å². The summed E-state index contributed by atoms with van der Waals surface area (Å²) in [6, 6.07) is 6.16. The molecule has 0 amide bonds. The van der Waals surface area contributed by atoms with Crippen molar-refractivity contribution in [3.05, 3.63) is 23.8 Å². The van der Waals surface area contributed by atoms with Crippen molar-refractivity contribution in [2.24, 2.45) is 0 Å². The van der Waals surface area contributed by atoms with E-state index in [9.17, 15) is 0 Å². The molecule has 0 aliphatic rings. The molecule has 0 aromatic heterocycles. The van der Waals surface area contributed by atoms with Crippen LogP contribution in [-0.4, -0.2) is 32.5 Å². The van der Waals surface area contributed by atoms with E-state index in [-0.39, 0.29) is 12.6 Å². The van der Waals surface area contributed by atoms with E-state index in [4.69, 9.17) is 14.6 Å². The van der Waals surface area contributed by atoms with E-state index in [0.29, 0.717) is 18.8 Å². The van der Waals surface area contributed by atoms with E-state index in [0.717, 1.165) is 11.3 Å². The van der Waals surface area contributed by atoms with Gasteiger partial charge in [0.25, 0.3) is 0 Å². The Morgan fingerprint density at radius 3 is 2.71 bits per heavy atom. The highest BCUT2D eigenvalue weighted by molar-refractivity contribution is 5.43. The minimum Gasteiger partial charge on any atom is -0.493 e. The molecule has 4 heteroatoms. The molecule has 0 radical (unpaired) electrons. The number of ether oxygens (including phenoxy) is 2. The van der Waals surface area contributed by atoms with E-state index in [2.05, 4.69) is 12.2 Å². The summed E-state index contributed by atoms with van der Waals surface area (Å²) >= 11 is 0. The van der Waals surface area contributed by atoms with E-state index in [1.807, 2.05) is 25.2 Å². The van der Waals surface area contributed by atoms with Gasteiger partial charge in [0, 0.05) is 19.1 Å². The Labute approximate surface area is 103 Å². The Bertz CT molecular complexity index is 341. The molecule has 1 aromatic carbocycles. The Hall–Kier alpha value is -1.26. The van der Waals surface area contributed by atoms with Crippen molar-refractivity contribution in [1.82, 2.24) is 5.32 Å². The Balaban J connectivity index is 2.78. The van der Waals surface area contributed by atoms with Crippen LogP contribution in [0.1, 0.15) is 24.9 Å². The largest absolute Gasteiger partial charge is 0.493 e. The van der Waals surface area contributed by atoms with Crippen molar-refractivity contribution in [2.75, 3.05) is 27.4 Å². The molecule has 4 nitrogen and oxygen atoms in total. The third-order valence-corrected chi connectivity index (χ3v) is 2.68. The Morgan fingerprint density at radius 1 is 1.35 bits per heavy atom. The molecule has 0 fully saturated rings. The Morgan fingerprint density at radius 2 is 2.12 bits per heavy atom. The van der Waals surface area contributed by atoms with Crippen LogP contribution in [0.2, 0.25) is 0 Å². The standard InChI is InChI=1S/C13H21NO3/c1-10(14-2)11-5-6-12(13(9-11)16-3)17-8-4-7-15/h5-6,9-10,14-15H,4,7-8H2,1-3H3. The molecular weight excluding hydrogens is 218 g/mol. The normalized spacial score (nSPS) is 12.2. The maximum Gasteiger partial charge on any atom is 0.161 e. The predicted molar refractivity (Wildman–Crippen MR) is 67.7 cm³/mol. The molecule has 1 atom stereocenters. The minimum absolute atomic E-state index is 0.136. The van der Waals surface area contributed by atoms with Crippen molar-refractivity contribution >= 4 is 0 Å². The maximum atomic E-state index is 8.70. The fourth-order valence-corrected chi connectivity index (χ4v) is 1.49. The fourth-order valence-electron chi connectivity index (χ4n) is 1.49. The van der Waals surface area contributed by atoms with Gasteiger partial charge in [-0.3, -0.25) is 0 Å². The van der Waals surface area contributed by atoms with Crippen LogP contribution in [0.3, 0.4) is 0 Å². The summed E-state index contributed by atoms with van der Waals surface area (Å²) in [5, 5.41) is 11.9. The Kier molecular flexibility index (Phi) is 5.80. The second-order valence-corrected chi connectivity index (χ2v) is 3.85. The van der Waals surface area contributed by atoms with Crippen LogP contribution >= 0.6 is 0 Å². The molecule has 17 heavy (non-hydrogen) atoms. The lowest BCUT2D eigenvalue weighted by Crippen LogP contribution is -2.12. The van der Waals surface area contributed by atoms with Gasteiger partial charge in [0.15, 0.2) is 11.5 Å². The first-order valence-corrected chi connectivity index (χ1v) is 5.81. The third-order valence-electron chi connectivity index (χ3n) is 2.68. The zero-order valence-corrected chi connectivity index (χ0v) is 10.7. The van der Waals surface area contributed by atoms with E-state index < -0.39 is 0 Å². The first kappa shape index (κ1) is 13.8. The van der Waals surface area contributed by atoms with Crippen LogP contribution in [-0.2, 0) is 0 Å². The molecule has 1 aromatic rings. The zero-order chi connectivity index (χ0) is 12.7. The first-order chi connectivity index (χ1) is 8.22. The van der Waals surface area contributed by atoms with Crippen molar-refractivity contribution < 1.29 is 14.6 Å². The molecule has 1 rings (SSSR count). The van der Waals surface area contributed by atoms with Crippen molar-refractivity contribution in [1.29, 1.82) is 0 Å². The summed E-state index contributed by atoms with van der Waals surface area (Å²) < 4.78 is 10.8. The van der Waals surface area contributed by atoms with Gasteiger partial charge in [-0.05, 0) is 31.7 Å². The lowest BCUT2D eigenvalue weighted by Gasteiger charge is -2.15. The molecule has 0 bridgehead atoms. The molecule has 0 aliphatic heterocycles. The maximum absolute atomic E-state index is 8.70. The van der Waals surface area contributed by atoms with Gasteiger partial charge in [0.1, 0.15) is 0 Å². The van der Waals surface area contributed by atoms with E-state index in [1.54, 1.807) is 7.11 Å². The number of benzene rings is 1. The van der Waals surface area contributed by atoms with Crippen LogP contribution in [0.5, 0.6) is 11.5 Å². The van der Waals surface area contributed by atoms with Crippen molar-refractivity contribution in [2.45, 2.75) is 19.4 Å². The minimum atomic E-state index is 0.136. The number of hydrogen-bond acceptors (Lipinski definition) is 4. The van der Waals surface area contributed by atoms with Gasteiger partial charge in [0.05, 0.1) is 13.7 Å². The lowest BCUT2D eigenvalue weighted by molar-refractivity contribution is 0.228. The first-order valence-electron chi connectivity index (χ1n) is 5.81. The molecular formula is C13H21NO3. The number of hydrogen-bond donors (Lipinski definition) is 2. The van der Waals surface area contributed by atoms with Crippen molar-refractivity contribution in [3.8, 4) is 11.5 Å². The summed E-state index contributed by atoms with van der Waals surface area (Å²) in [5.74, 6) is 1.44. The summed E-state index contributed by atoms with van der Waals surface area (Å²) in [6.07, 6.45) is 0.623. The average molecular weight is 239 g/mol. The van der Waals surface area contributed by atoms with Crippen LogP contribution in [0.15, 0.2) is 18.2 Å². The predicted octanol–water partition coefficient (Wildman–Crippen LogP) is 1.74. The van der Waals surface area contributed by atoms with Crippen molar-refractivity contribution in [3.63, 3.8) is 0 Å². The molecule has 0 saturated heterocycles. The van der Waals surface area contributed by atoms with Gasteiger partial charge < -0.3 is 19.9 Å². The van der Waals surface area contributed by atoms with E-state index >= 15 is 0 Å². The highest BCUT2D eigenvalue weighted by Crippen LogP contribution is 2.30. The molecule has 0 aliphatic carbocycles. The molecule has 0 spiro atoms. The SMILES string of the molecule is CNC(C)c1ccc(OCCCO)c(OC)c1. The number of rotatable bonds is 7. The van der Waals surface area contributed by atoms with E-state index in [1.165, 1.54) is 0 Å². The lowest BCUT2D eigenvalue weighted by atomic mass is 10.1. The van der Waals surface area contributed by atoms with Gasteiger partial charge >= 0.3 is 0 Å². The molecule has 0 heterocycles. The highest BCUT2D eigenvalue weighted by Gasteiger charge is 2.09. The van der Waals surface area contributed by atoms with Gasteiger partial charge in [-0.25, -0.2) is 0 Å². The summed E-state index contributed by atoms with van der Waals surface area (Å²) in [4.78, 5) is 0. The molecule has 2 N–H and O–H groups in total. The molecule has 0 saturated carbocycles. The number of aliphatic hydroxyl groups is 1. The van der Waals surface area contributed by atoms with Crippen LogP contribution in [0, 0.1) is 0 Å². The monoisotopic (exact) mass is 239 g/mol. The van der Waals surface area contributed by atoms with Gasteiger partial charge in [-0.1, -0.05) is 6.07 Å². The zero-order valence-electron chi connectivity index (χ0n) is 10.7. The summed E-state index contributed by atoms with van der Waals surface area (Å²) in [6.45, 7) is 2.71. The fraction of sp³-hybridized carbons (Fsp3) is 0.538. The second-order valence-electron chi connectivity index (χ2n) is 3.85. The highest BCUT2D eigenvalue weighted by atomic mass is 16.5. The quantitative estimate of drug-likeness (QED) is 0.712. The average Bonchev–Trinajstić information content (AvgIpc) is 2.38. The summed E-state index contributed by atoms with van der Waals surface area (Å²) in [5.41, 5.74) is 1.15. The smallest absolute Gasteiger partial charge is 0.161 e. The van der Waals surface area contributed by atoms with Crippen LogP contribution in [0.4, 0.5) is 0 Å². The van der Waals surface area contributed by atoms with Gasteiger partial charge in [-0.2, -0.15) is 0 Å². The second kappa shape index (κ2) is 7.14. The molecule has 96 valence electrons. The van der Waals surface area contributed by atoms with Gasteiger partial charge in [0.2, 0.25) is 0 Å². The van der Waals surface area contributed by atoms with Crippen LogP contribution < -0.4 is 14.8 Å². The summed E-state index contributed by atoms with van der Waals surface area (Å²) in [7, 11) is 3.55. The number of methoxy groups -OCH3 is 1. The van der Waals surface area contributed by atoms with Gasteiger partial charge in [-0.15, -0.1) is 0 Å².